The smallest absolute Gasteiger partial charge is 0.278 e. The molecule has 1 aromatic carbocycles. The first-order valence-electron chi connectivity index (χ1n) is 7.28. The Morgan fingerprint density at radius 2 is 1.85 bits per heavy atom. The summed E-state index contributed by atoms with van der Waals surface area (Å²) in [6.45, 7) is 9.39. The standard InChI is InChI=1S/C16H26N2O2/c1-6-20-15-9-7-14(8-10-15)11-18(5)13(4)16(19)17-12(2)3/h7-10,12-13H,6,11H2,1-5H3,(H,17,19)/p+1/t13-/m1/s1. The number of carbonyl (C=O) groups excluding carboxylic acids is 1. The topological polar surface area (TPSA) is 42.8 Å². The Morgan fingerprint density at radius 3 is 2.35 bits per heavy atom. The van der Waals surface area contributed by atoms with Gasteiger partial charge in [0.2, 0.25) is 0 Å². The van der Waals surface area contributed by atoms with Crippen LogP contribution in [0.25, 0.3) is 0 Å². The van der Waals surface area contributed by atoms with Gasteiger partial charge in [0.25, 0.3) is 5.91 Å². The lowest BCUT2D eigenvalue weighted by atomic mass is 10.1. The molecular weight excluding hydrogens is 252 g/mol. The van der Waals surface area contributed by atoms with Crippen molar-refractivity contribution in [2.75, 3.05) is 13.7 Å². The lowest BCUT2D eigenvalue weighted by Gasteiger charge is -2.22. The SMILES string of the molecule is CCOc1ccc(C[NH+](C)[C@H](C)C(=O)NC(C)C)cc1. The molecule has 20 heavy (non-hydrogen) atoms. The lowest BCUT2D eigenvalue weighted by molar-refractivity contribution is -0.908. The van der Waals surface area contributed by atoms with Crippen molar-refractivity contribution < 1.29 is 14.4 Å². The maximum Gasteiger partial charge on any atom is 0.278 e. The van der Waals surface area contributed by atoms with Crippen LogP contribution in [0.5, 0.6) is 5.75 Å². The van der Waals surface area contributed by atoms with E-state index in [4.69, 9.17) is 4.74 Å². The molecule has 0 aliphatic rings. The maximum atomic E-state index is 12.0. The minimum absolute atomic E-state index is 0.0658. The zero-order chi connectivity index (χ0) is 15.1. The van der Waals surface area contributed by atoms with Crippen LogP contribution < -0.4 is 15.0 Å². The average molecular weight is 279 g/mol. The van der Waals surface area contributed by atoms with Crippen molar-refractivity contribution >= 4 is 5.91 Å². The number of hydrogen-bond acceptors (Lipinski definition) is 2. The number of likely N-dealkylation sites (N-methyl/N-ethyl adjacent to an activating group) is 1. The van der Waals surface area contributed by atoms with E-state index in [0.717, 1.165) is 12.3 Å². The molecule has 1 rings (SSSR count). The molecular formula is C16H27N2O2+. The van der Waals surface area contributed by atoms with E-state index in [1.165, 1.54) is 10.5 Å². The third kappa shape index (κ3) is 5.21. The Hall–Kier alpha value is -1.55. The molecule has 1 aromatic rings. The van der Waals surface area contributed by atoms with Crippen molar-refractivity contribution in [1.82, 2.24) is 5.32 Å². The Kier molecular flexibility index (Phi) is 6.52. The third-order valence-electron chi connectivity index (χ3n) is 3.28. The average Bonchev–Trinajstić information content (AvgIpc) is 2.39. The molecule has 4 heteroatoms. The van der Waals surface area contributed by atoms with E-state index in [1.54, 1.807) is 0 Å². The van der Waals surface area contributed by atoms with E-state index in [1.807, 2.05) is 46.9 Å². The number of benzene rings is 1. The molecule has 0 fully saturated rings. The second-order valence-electron chi connectivity index (χ2n) is 5.49. The van der Waals surface area contributed by atoms with Gasteiger partial charge < -0.3 is 15.0 Å². The van der Waals surface area contributed by atoms with Crippen LogP contribution in [0.3, 0.4) is 0 Å². The van der Waals surface area contributed by atoms with Crippen LogP contribution in [-0.4, -0.2) is 31.6 Å². The Morgan fingerprint density at radius 1 is 1.25 bits per heavy atom. The second-order valence-corrected chi connectivity index (χ2v) is 5.49. The molecule has 0 saturated heterocycles. The number of hydrogen-bond donors (Lipinski definition) is 2. The Bertz CT molecular complexity index is 415. The van der Waals surface area contributed by atoms with Gasteiger partial charge in [0.1, 0.15) is 12.3 Å². The third-order valence-corrected chi connectivity index (χ3v) is 3.28. The summed E-state index contributed by atoms with van der Waals surface area (Å²) in [5.74, 6) is 0.989. The van der Waals surface area contributed by atoms with Gasteiger partial charge in [-0.25, -0.2) is 0 Å². The number of nitrogens with one attached hydrogen (secondary N) is 2. The molecule has 0 aliphatic heterocycles. The van der Waals surface area contributed by atoms with Gasteiger partial charge in [-0.05, 0) is 52.0 Å². The van der Waals surface area contributed by atoms with Crippen molar-refractivity contribution in [3.63, 3.8) is 0 Å². The van der Waals surface area contributed by atoms with Crippen LogP contribution in [0.4, 0.5) is 0 Å². The van der Waals surface area contributed by atoms with Gasteiger partial charge in [0.05, 0.1) is 13.7 Å². The van der Waals surface area contributed by atoms with E-state index >= 15 is 0 Å². The number of carbonyl (C=O) groups is 1. The number of quaternary nitrogens is 1. The van der Waals surface area contributed by atoms with Crippen molar-refractivity contribution in [3.8, 4) is 5.75 Å². The summed E-state index contributed by atoms with van der Waals surface area (Å²) in [5, 5.41) is 2.96. The number of rotatable bonds is 7. The molecule has 2 atom stereocenters. The minimum atomic E-state index is -0.0658. The van der Waals surface area contributed by atoms with Gasteiger partial charge in [-0.2, -0.15) is 0 Å². The molecule has 0 radical (unpaired) electrons. The normalized spacial score (nSPS) is 13.9. The van der Waals surface area contributed by atoms with Gasteiger partial charge in [0.15, 0.2) is 6.04 Å². The molecule has 0 spiro atoms. The second kappa shape index (κ2) is 7.90. The molecule has 0 aliphatic carbocycles. The van der Waals surface area contributed by atoms with E-state index in [0.29, 0.717) is 6.61 Å². The maximum absolute atomic E-state index is 12.0. The zero-order valence-corrected chi connectivity index (χ0v) is 13.2. The lowest BCUT2D eigenvalue weighted by Crippen LogP contribution is -3.12. The van der Waals surface area contributed by atoms with E-state index in [9.17, 15) is 4.79 Å². The summed E-state index contributed by atoms with van der Waals surface area (Å²) in [7, 11) is 2.04. The summed E-state index contributed by atoms with van der Waals surface area (Å²) in [5.41, 5.74) is 1.20. The van der Waals surface area contributed by atoms with Crippen LogP contribution in [-0.2, 0) is 11.3 Å². The number of amides is 1. The van der Waals surface area contributed by atoms with Crippen LogP contribution in [0, 0.1) is 0 Å². The summed E-state index contributed by atoms with van der Waals surface area (Å²) in [4.78, 5) is 13.1. The molecule has 0 saturated carbocycles. The van der Waals surface area contributed by atoms with Gasteiger partial charge in [-0.15, -0.1) is 0 Å². The molecule has 1 amide bonds. The van der Waals surface area contributed by atoms with E-state index in [-0.39, 0.29) is 18.0 Å². The monoisotopic (exact) mass is 279 g/mol. The van der Waals surface area contributed by atoms with Gasteiger partial charge in [0, 0.05) is 11.6 Å². The highest BCUT2D eigenvalue weighted by molar-refractivity contribution is 5.80. The summed E-state index contributed by atoms with van der Waals surface area (Å²) >= 11 is 0. The number of ether oxygens (including phenoxy) is 1. The quantitative estimate of drug-likeness (QED) is 0.782. The first-order chi connectivity index (χ1) is 9.43. The molecule has 0 heterocycles. The fourth-order valence-corrected chi connectivity index (χ4v) is 1.98. The van der Waals surface area contributed by atoms with Gasteiger partial charge >= 0.3 is 0 Å². The largest absolute Gasteiger partial charge is 0.494 e. The predicted octanol–water partition coefficient (Wildman–Crippen LogP) is 1.01. The first-order valence-corrected chi connectivity index (χ1v) is 7.28. The molecule has 4 nitrogen and oxygen atoms in total. The fourth-order valence-electron chi connectivity index (χ4n) is 1.98. The van der Waals surface area contributed by atoms with Crippen molar-refractivity contribution in [1.29, 1.82) is 0 Å². The molecule has 2 N–H and O–H groups in total. The highest BCUT2D eigenvalue weighted by atomic mass is 16.5. The van der Waals surface area contributed by atoms with Crippen LogP contribution in [0.2, 0.25) is 0 Å². The highest BCUT2D eigenvalue weighted by Gasteiger charge is 2.22. The van der Waals surface area contributed by atoms with E-state index < -0.39 is 0 Å². The minimum Gasteiger partial charge on any atom is -0.494 e. The van der Waals surface area contributed by atoms with Crippen LogP contribution in [0.15, 0.2) is 24.3 Å². The molecule has 0 aromatic heterocycles. The predicted molar refractivity (Wildman–Crippen MR) is 80.9 cm³/mol. The Labute approximate surface area is 122 Å². The highest BCUT2D eigenvalue weighted by Crippen LogP contribution is 2.11. The summed E-state index contributed by atoms with van der Waals surface area (Å²) in [6, 6.07) is 8.19. The first kappa shape index (κ1) is 16.5. The summed E-state index contributed by atoms with van der Waals surface area (Å²) < 4.78 is 5.42. The Balaban J connectivity index is 2.56. The molecule has 112 valence electrons. The van der Waals surface area contributed by atoms with Crippen molar-refractivity contribution in [3.05, 3.63) is 29.8 Å². The molecule has 0 bridgehead atoms. The summed E-state index contributed by atoms with van der Waals surface area (Å²) in [6.07, 6.45) is 0. The zero-order valence-electron chi connectivity index (χ0n) is 13.2. The van der Waals surface area contributed by atoms with Crippen molar-refractivity contribution in [2.24, 2.45) is 0 Å². The van der Waals surface area contributed by atoms with Crippen LogP contribution >= 0.6 is 0 Å². The van der Waals surface area contributed by atoms with Gasteiger partial charge in [-0.3, -0.25) is 4.79 Å². The van der Waals surface area contributed by atoms with E-state index in [2.05, 4.69) is 17.4 Å². The fraction of sp³-hybridized carbons (Fsp3) is 0.562. The molecule has 1 unspecified atom stereocenters. The van der Waals surface area contributed by atoms with Crippen molar-refractivity contribution in [2.45, 2.75) is 46.3 Å². The van der Waals surface area contributed by atoms with Gasteiger partial charge in [-0.1, -0.05) is 0 Å². The van der Waals surface area contributed by atoms with Crippen LogP contribution in [0.1, 0.15) is 33.3 Å².